The fraction of sp³-hybridized carbons (Fsp3) is 0.500. The van der Waals surface area contributed by atoms with E-state index in [9.17, 15) is 4.79 Å². The zero-order chi connectivity index (χ0) is 13.8. The highest BCUT2D eigenvalue weighted by atomic mass is 32.2. The van der Waals surface area contributed by atoms with Gasteiger partial charge in [0.05, 0.1) is 0 Å². The predicted molar refractivity (Wildman–Crippen MR) is 78.9 cm³/mol. The number of hydrogen-bond donors (Lipinski definition) is 2. The van der Waals surface area contributed by atoms with E-state index in [2.05, 4.69) is 5.32 Å². The maximum absolute atomic E-state index is 11.8. The molecule has 1 aromatic carbocycles. The highest BCUT2D eigenvalue weighted by Gasteiger charge is 2.23. The van der Waals surface area contributed by atoms with Gasteiger partial charge in [-0.3, -0.25) is 4.79 Å². The van der Waals surface area contributed by atoms with Gasteiger partial charge in [0.1, 0.15) is 0 Å². The van der Waals surface area contributed by atoms with Crippen LogP contribution in [0.25, 0.3) is 0 Å². The molecule has 1 aromatic rings. The molecule has 0 saturated carbocycles. The molecular formula is C14H22N2OS. The smallest absolute Gasteiger partial charge is 0.225 e. The third-order valence-corrected chi connectivity index (χ3v) is 3.64. The summed E-state index contributed by atoms with van der Waals surface area (Å²) in [5.74, 6) is -0.0330. The van der Waals surface area contributed by atoms with E-state index in [-0.39, 0.29) is 17.4 Å². The van der Waals surface area contributed by atoms with E-state index >= 15 is 0 Å². The lowest BCUT2D eigenvalue weighted by molar-refractivity contribution is -0.117. The summed E-state index contributed by atoms with van der Waals surface area (Å²) in [7, 11) is 0. The molecular weight excluding hydrogens is 244 g/mol. The Balaban J connectivity index is 2.54. The Morgan fingerprint density at radius 1 is 1.33 bits per heavy atom. The molecule has 4 heteroatoms. The number of hydrogen-bond acceptors (Lipinski definition) is 3. The highest BCUT2D eigenvalue weighted by Crippen LogP contribution is 2.21. The van der Waals surface area contributed by atoms with Crippen molar-refractivity contribution in [2.45, 2.75) is 38.1 Å². The van der Waals surface area contributed by atoms with Crippen LogP contribution in [0.15, 0.2) is 29.2 Å². The second kappa shape index (κ2) is 6.25. The number of amides is 1. The maximum Gasteiger partial charge on any atom is 0.225 e. The maximum atomic E-state index is 11.8. The molecule has 0 aliphatic heterocycles. The number of nitrogens with one attached hydrogen (secondary N) is 1. The molecule has 0 radical (unpaired) electrons. The van der Waals surface area contributed by atoms with Crippen LogP contribution >= 0.6 is 11.8 Å². The quantitative estimate of drug-likeness (QED) is 0.823. The molecule has 0 spiro atoms. The molecule has 3 nitrogen and oxygen atoms in total. The second-order valence-electron chi connectivity index (χ2n) is 5.45. The minimum absolute atomic E-state index is 0.0330. The van der Waals surface area contributed by atoms with Gasteiger partial charge in [-0.05, 0) is 35.9 Å². The van der Waals surface area contributed by atoms with Crippen LogP contribution in [-0.2, 0) is 4.79 Å². The fourth-order valence-electron chi connectivity index (χ4n) is 1.39. The molecule has 0 aromatic heterocycles. The molecule has 1 atom stereocenters. The molecule has 100 valence electrons. The number of carbonyl (C=O) groups is 1. The Kier molecular flexibility index (Phi) is 5.23. The zero-order valence-electron chi connectivity index (χ0n) is 11.5. The van der Waals surface area contributed by atoms with Gasteiger partial charge in [-0.1, -0.05) is 20.8 Å². The lowest BCUT2D eigenvalue weighted by atomic mass is 9.85. The third-order valence-electron chi connectivity index (χ3n) is 2.89. The molecule has 18 heavy (non-hydrogen) atoms. The molecule has 0 aliphatic rings. The van der Waals surface area contributed by atoms with Crippen LogP contribution in [0.3, 0.4) is 0 Å². The molecule has 0 saturated heterocycles. The molecule has 1 amide bonds. The Morgan fingerprint density at radius 3 is 2.33 bits per heavy atom. The van der Waals surface area contributed by atoms with Crippen molar-refractivity contribution in [1.82, 2.24) is 0 Å². The lowest BCUT2D eigenvalue weighted by Crippen LogP contribution is -2.38. The van der Waals surface area contributed by atoms with Crippen molar-refractivity contribution in [3.63, 3.8) is 0 Å². The minimum Gasteiger partial charge on any atom is -0.327 e. The summed E-state index contributed by atoms with van der Waals surface area (Å²) in [4.78, 5) is 13.0. The number of nitrogens with two attached hydrogens (primary N) is 1. The van der Waals surface area contributed by atoms with E-state index in [0.717, 1.165) is 5.69 Å². The van der Waals surface area contributed by atoms with E-state index in [1.54, 1.807) is 11.8 Å². The van der Waals surface area contributed by atoms with Crippen molar-refractivity contribution in [2.24, 2.45) is 11.1 Å². The summed E-state index contributed by atoms with van der Waals surface area (Å²) < 4.78 is 0. The van der Waals surface area contributed by atoms with E-state index in [0.29, 0.717) is 6.42 Å². The van der Waals surface area contributed by atoms with Crippen LogP contribution in [-0.4, -0.2) is 18.2 Å². The average Bonchev–Trinajstić information content (AvgIpc) is 2.28. The first-order valence-electron chi connectivity index (χ1n) is 6.02. The topological polar surface area (TPSA) is 55.1 Å². The van der Waals surface area contributed by atoms with E-state index in [4.69, 9.17) is 5.73 Å². The second-order valence-corrected chi connectivity index (χ2v) is 6.33. The Labute approximate surface area is 114 Å². The standard InChI is InChI=1S/C14H22N2OS/c1-14(2,3)12(15)9-13(17)16-10-5-7-11(18-4)8-6-10/h5-8,12H,9,15H2,1-4H3,(H,16,17). The fourth-order valence-corrected chi connectivity index (χ4v) is 1.80. The van der Waals surface area contributed by atoms with Crippen LogP contribution in [0.4, 0.5) is 5.69 Å². The van der Waals surface area contributed by atoms with Crippen LogP contribution in [0.5, 0.6) is 0 Å². The molecule has 1 rings (SSSR count). The van der Waals surface area contributed by atoms with Crippen molar-refractivity contribution in [3.05, 3.63) is 24.3 Å². The van der Waals surface area contributed by atoms with E-state index in [1.165, 1.54) is 4.90 Å². The minimum atomic E-state index is -0.136. The average molecular weight is 266 g/mol. The number of rotatable bonds is 4. The molecule has 0 aliphatic carbocycles. The van der Waals surface area contributed by atoms with Gasteiger partial charge < -0.3 is 11.1 Å². The highest BCUT2D eigenvalue weighted by molar-refractivity contribution is 7.98. The van der Waals surface area contributed by atoms with Crippen molar-refractivity contribution < 1.29 is 4.79 Å². The van der Waals surface area contributed by atoms with Gasteiger partial charge in [0.15, 0.2) is 0 Å². The number of benzene rings is 1. The number of carbonyl (C=O) groups excluding carboxylic acids is 1. The van der Waals surface area contributed by atoms with Gasteiger partial charge in [0.25, 0.3) is 0 Å². The SMILES string of the molecule is CSc1ccc(NC(=O)CC(N)C(C)(C)C)cc1. The molecule has 0 fully saturated rings. The third kappa shape index (κ3) is 4.70. The van der Waals surface area contributed by atoms with Crippen LogP contribution in [0, 0.1) is 5.41 Å². The number of thioether (sulfide) groups is 1. The van der Waals surface area contributed by atoms with Crippen molar-refractivity contribution >= 4 is 23.4 Å². The molecule has 0 heterocycles. The Hall–Kier alpha value is -1.00. The summed E-state index contributed by atoms with van der Waals surface area (Å²) in [5, 5.41) is 2.87. The van der Waals surface area contributed by atoms with E-state index < -0.39 is 0 Å². The van der Waals surface area contributed by atoms with Gasteiger partial charge in [-0.2, -0.15) is 0 Å². The molecule has 0 bridgehead atoms. The summed E-state index contributed by atoms with van der Waals surface area (Å²) in [6.45, 7) is 6.12. The summed E-state index contributed by atoms with van der Waals surface area (Å²) in [6, 6.07) is 7.66. The summed E-state index contributed by atoms with van der Waals surface area (Å²) in [6.07, 6.45) is 2.36. The molecule has 3 N–H and O–H groups in total. The van der Waals surface area contributed by atoms with E-state index in [1.807, 2.05) is 51.3 Å². The molecule has 1 unspecified atom stereocenters. The van der Waals surface area contributed by atoms with Gasteiger partial charge in [0, 0.05) is 23.0 Å². The van der Waals surface area contributed by atoms with Crippen molar-refractivity contribution in [2.75, 3.05) is 11.6 Å². The largest absolute Gasteiger partial charge is 0.327 e. The monoisotopic (exact) mass is 266 g/mol. The predicted octanol–water partition coefficient (Wildman–Crippen LogP) is 3.11. The number of anilines is 1. The normalized spacial score (nSPS) is 13.2. The Bertz CT molecular complexity index is 395. The first-order chi connectivity index (χ1) is 8.32. The summed E-state index contributed by atoms with van der Waals surface area (Å²) >= 11 is 1.68. The Morgan fingerprint density at radius 2 is 1.89 bits per heavy atom. The van der Waals surface area contributed by atoms with Crippen LogP contribution in [0.1, 0.15) is 27.2 Å². The van der Waals surface area contributed by atoms with Crippen LogP contribution in [0.2, 0.25) is 0 Å². The van der Waals surface area contributed by atoms with Crippen molar-refractivity contribution in [3.8, 4) is 0 Å². The lowest BCUT2D eigenvalue weighted by Gasteiger charge is -2.26. The van der Waals surface area contributed by atoms with Gasteiger partial charge >= 0.3 is 0 Å². The van der Waals surface area contributed by atoms with Gasteiger partial charge in [-0.15, -0.1) is 11.8 Å². The first kappa shape index (κ1) is 15.1. The van der Waals surface area contributed by atoms with Crippen LogP contribution < -0.4 is 11.1 Å². The van der Waals surface area contributed by atoms with Crippen molar-refractivity contribution in [1.29, 1.82) is 0 Å². The van der Waals surface area contributed by atoms with Gasteiger partial charge in [0.2, 0.25) is 5.91 Å². The zero-order valence-corrected chi connectivity index (χ0v) is 12.3. The van der Waals surface area contributed by atoms with Gasteiger partial charge in [-0.25, -0.2) is 0 Å². The summed E-state index contributed by atoms with van der Waals surface area (Å²) in [5.41, 5.74) is 6.75. The first-order valence-corrected chi connectivity index (χ1v) is 7.25.